The molecule has 1 aromatic carbocycles. The van der Waals surface area contributed by atoms with Crippen LogP contribution in [0.5, 0.6) is 0 Å². The number of thiazole rings is 1. The Kier molecular flexibility index (Phi) is 3.04. The van der Waals surface area contributed by atoms with Gasteiger partial charge in [0, 0.05) is 5.56 Å². The van der Waals surface area contributed by atoms with Gasteiger partial charge in [-0.2, -0.15) is 0 Å². The summed E-state index contributed by atoms with van der Waals surface area (Å²) in [5.41, 5.74) is 3.41. The lowest BCUT2D eigenvalue weighted by molar-refractivity contribution is 1.36. The second kappa shape index (κ2) is 4.13. The minimum atomic E-state index is 0.903. The van der Waals surface area contributed by atoms with E-state index in [1.54, 1.807) is 11.3 Å². The number of hydrogen-bond acceptors (Lipinski definition) is 2. The maximum atomic E-state index is 4.40. The fourth-order valence-electron chi connectivity index (χ4n) is 1.17. The third-order valence-corrected chi connectivity index (χ3v) is 4.04. The number of benzene rings is 1. The van der Waals surface area contributed by atoms with Gasteiger partial charge < -0.3 is 0 Å². The second-order valence-corrected chi connectivity index (χ2v) is 6.55. The maximum Gasteiger partial charge on any atom is 0.160 e. The molecule has 0 aliphatic carbocycles. The zero-order valence-corrected chi connectivity index (χ0v) is 11.4. The Morgan fingerprint density at radius 2 is 1.79 bits per heavy atom. The van der Waals surface area contributed by atoms with E-state index in [1.165, 1.54) is 5.56 Å². The molecule has 4 heteroatoms. The molecule has 0 N–H and O–H groups in total. The summed E-state index contributed by atoms with van der Waals surface area (Å²) in [7, 11) is 0. The van der Waals surface area contributed by atoms with Gasteiger partial charge in [0.25, 0.3) is 0 Å². The predicted molar refractivity (Wildman–Crippen MR) is 67.7 cm³/mol. The number of aromatic nitrogens is 1. The summed E-state index contributed by atoms with van der Waals surface area (Å²) in [6.07, 6.45) is 0. The van der Waals surface area contributed by atoms with Crippen LogP contribution >= 0.6 is 43.2 Å². The van der Waals surface area contributed by atoms with E-state index < -0.39 is 0 Å². The van der Waals surface area contributed by atoms with Crippen molar-refractivity contribution in [3.8, 4) is 11.3 Å². The summed E-state index contributed by atoms with van der Waals surface area (Å²) in [4.78, 5) is 4.40. The molecule has 14 heavy (non-hydrogen) atoms. The standard InChI is InChI=1S/C10H7Br2NS/c1-6-2-4-7(5-3-6)8-9(11)14-10(12)13-8/h2-5H,1H3. The van der Waals surface area contributed by atoms with E-state index in [4.69, 9.17) is 0 Å². The molecule has 0 fully saturated rings. The highest BCUT2D eigenvalue weighted by Gasteiger charge is 2.08. The van der Waals surface area contributed by atoms with Gasteiger partial charge in [0.2, 0.25) is 0 Å². The minimum absolute atomic E-state index is 0.903. The minimum Gasteiger partial charge on any atom is -0.228 e. The van der Waals surface area contributed by atoms with E-state index in [9.17, 15) is 0 Å². The van der Waals surface area contributed by atoms with Crippen molar-refractivity contribution >= 4 is 43.2 Å². The molecule has 0 unspecified atom stereocenters. The van der Waals surface area contributed by atoms with Crippen molar-refractivity contribution in [2.45, 2.75) is 6.92 Å². The van der Waals surface area contributed by atoms with E-state index >= 15 is 0 Å². The van der Waals surface area contributed by atoms with Crippen molar-refractivity contribution in [1.29, 1.82) is 0 Å². The lowest BCUT2D eigenvalue weighted by atomic mass is 10.1. The average molecular weight is 333 g/mol. The Bertz CT molecular complexity index is 448. The van der Waals surface area contributed by atoms with E-state index in [1.807, 2.05) is 0 Å². The normalized spacial score (nSPS) is 10.5. The lowest BCUT2D eigenvalue weighted by Crippen LogP contribution is -1.78. The molecule has 72 valence electrons. The van der Waals surface area contributed by atoms with Crippen molar-refractivity contribution < 1.29 is 0 Å². The second-order valence-electron chi connectivity index (χ2n) is 2.96. The van der Waals surface area contributed by atoms with Gasteiger partial charge in [-0.3, -0.25) is 0 Å². The molecule has 1 aromatic heterocycles. The van der Waals surface area contributed by atoms with Gasteiger partial charge in [-0.1, -0.05) is 41.2 Å². The van der Waals surface area contributed by atoms with Crippen molar-refractivity contribution in [2.75, 3.05) is 0 Å². The first-order chi connectivity index (χ1) is 6.66. The molecule has 1 nitrogen and oxygen atoms in total. The number of halogens is 2. The summed E-state index contributed by atoms with van der Waals surface area (Å²) in [6, 6.07) is 8.35. The van der Waals surface area contributed by atoms with E-state index in [2.05, 4.69) is 68.0 Å². The van der Waals surface area contributed by atoms with Gasteiger partial charge in [-0.15, -0.1) is 0 Å². The van der Waals surface area contributed by atoms with E-state index in [-0.39, 0.29) is 0 Å². The number of hydrogen-bond donors (Lipinski definition) is 0. The molecular weight excluding hydrogens is 326 g/mol. The molecule has 0 bridgehead atoms. The van der Waals surface area contributed by atoms with Crippen LogP contribution in [-0.4, -0.2) is 4.98 Å². The van der Waals surface area contributed by atoms with E-state index in [0.29, 0.717) is 0 Å². The number of nitrogens with zero attached hydrogens (tertiary/aromatic N) is 1. The zero-order chi connectivity index (χ0) is 10.1. The average Bonchev–Trinajstić information content (AvgIpc) is 2.47. The largest absolute Gasteiger partial charge is 0.228 e. The van der Waals surface area contributed by atoms with Crippen LogP contribution in [-0.2, 0) is 0 Å². The smallest absolute Gasteiger partial charge is 0.160 e. The van der Waals surface area contributed by atoms with Gasteiger partial charge in [-0.25, -0.2) is 4.98 Å². The Morgan fingerprint density at radius 1 is 1.14 bits per heavy atom. The zero-order valence-electron chi connectivity index (χ0n) is 7.42. The Labute approximate surface area is 103 Å². The Balaban J connectivity index is 2.49. The summed E-state index contributed by atoms with van der Waals surface area (Å²) in [5.74, 6) is 0. The molecule has 0 saturated carbocycles. The highest BCUT2D eigenvalue weighted by atomic mass is 79.9. The van der Waals surface area contributed by atoms with Crippen molar-refractivity contribution in [1.82, 2.24) is 4.98 Å². The van der Waals surface area contributed by atoms with Crippen molar-refractivity contribution in [3.05, 3.63) is 37.5 Å². The Morgan fingerprint density at radius 3 is 2.29 bits per heavy atom. The van der Waals surface area contributed by atoms with Gasteiger partial charge in [-0.05, 0) is 38.8 Å². The molecule has 0 atom stereocenters. The van der Waals surface area contributed by atoms with E-state index in [0.717, 1.165) is 19.0 Å². The van der Waals surface area contributed by atoms with Crippen LogP contribution in [0.1, 0.15) is 5.56 Å². The molecule has 0 spiro atoms. The molecule has 1 heterocycles. The molecule has 2 aromatic rings. The first-order valence-corrected chi connectivity index (χ1v) is 6.46. The van der Waals surface area contributed by atoms with Crippen LogP contribution in [0.25, 0.3) is 11.3 Å². The van der Waals surface area contributed by atoms with Crippen LogP contribution in [0.2, 0.25) is 0 Å². The van der Waals surface area contributed by atoms with Crippen molar-refractivity contribution in [3.63, 3.8) is 0 Å². The molecular formula is C10H7Br2NS. The maximum absolute atomic E-state index is 4.40. The first kappa shape index (κ1) is 10.3. The van der Waals surface area contributed by atoms with Crippen LogP contribution in [0.3, 0.4) is 0 Å². The topological polar surface area (TPSA) is 12.9 Å². The predicted octanol–water partition coefficient (Wildman–Crippen LogP) is 4.64. The third kappa shape index (κ3) is 2.07. The lowest BCUT2D eigenvalue weighted by Gasteiger charge is -1.97. The monoisotopic (exact) mass is 331 g/mol. The van der Waals surface area contributed by atoms with Crippen LogP contribution in [0.4, 0.5) is 0 Å². The molecule has 0 amide bonds. The fourth-order valence-corrected chi connectivity index (χ4v) is 3.80. The highest BCUT2D eigenvalue weighted by Crippen LogP contribution is 2.35. The van der Waals surface area contributed by atoms with Gasteiger partial charge in [0.05, 0.1) is 9.48 Å². The van der Waals surface area contributed by atoms with Gasteiger partial charge in [0.1, 0.15) is 0 Å². The molecule has 0 saturated heterocycles. The van der Waals surface area contributed by atoms with Crippen molar-refractivity contribution in [2.24, 2.45) is 0 Å². The summed E-state index contributed by atoms with van der Waals surface area (Å²) in [5, 5.41) is 0. The number of rotatable bonds is 1. The van der Waals surface area contributed by atoms with Crippen LogP contribution in [0, 0.1) is 6.92 Å². The number of aryl methyl sites for hydroxylation is 1. The summed E-state index contributed by atoms with van der Waals surface area (Å²) < 4.78 is 1.97. The fraction of sp³-hybridized carbons (Fsp3) is 0.100. The molecule has 0 radical (unpaired) electrons. The molecule has 2 rings (SSSR count). The third-order valence-electron chi connectivity index (χ3n) is 1.88. The Hall–Kier alpha value is -0.190. The summed E-state index contributed by atoms with van der Waals surface area (Å²) >= 11 is 8.46. The quantitative estimate of drug-likeness (QED) is 0.741. The van der Waals surface area contributed by atoms with Gasteiger partial charge in [0.15, 0.2) is 3.92 Å². The molecule has 0 aliphatic rings. The summed E-state index contributed by atoms with van der Waals surface area (Å²) in [6.45, 7) is 2.08. The highest BCUT2D eigenvalue weighted by molar-refractivity contribution is 9.12. The first-order valence-electron chi connectivity index (χ1n) is 4.05. The van der Waals surface area contributed by atoms with Crippen LogP contribution in [0.15, 0.2) is 32.0 Å². The van der Waals surface area contributed by atoms with Crippen LogP contribution < -0.4 is 0 Å². The molecule has 0 aliphatic heterocycles. The SMILES string of the molecule is Cc1ccc(-c2nc(Br)sc2Br)cc1. The van der Waals surface area contributed by atoms with Gasteiger partial charge >= 0.3 is 0 Å².